The van der Waals surface area contributed by atoms with Gasteiger partial charge >= 0.3 is 0 Å². The molecule has 1 fully saturated rings. The summed E-state index contributed by atoms with van der Waals surface area (Å²) in [5.74, 6) is 0. The third-order valence-electron chi connectivity index (χ3n) is 3.81. The van der Waals surface area contributed by atoms with Crippen LogP contribution in [0.25, 0.3) is 0 Å². The molecule has 1 aliphatic heterocycles. The van der Waals surface area contributed by atoms with Crippen molar-refractivity contribution >= 4 is 11.3 Å². The van der Waals surface area contributed by atoms with Crippen molar-refractivity contribution in [2.45, 2.75) is 39.7 Å². The molecule has 0 amide bonds. The van der Waals surface area contributed by atoms with Gasteiger partial charge in [0.05, 0.1) is 16.8 Å². The molecule has 2 atom stereocenters. The van der Waals surface area contributed by atoms with E-state index >= 15 is 0 Å². The summed E-state index contributed by atoms with van der Waals surface area (Å²) in [5, 5.41) is 1.21. The van der Waals surface area contributed by atoms with Gasteiger partial charge in [-0.15, -0.1) is 11.3 Å². The molecule has 1 aromatic rings. The van der Waals surface area contributed by atoms with E-state index in [1.165, 1.54) is 9.88 Å². The Labute approximate surface area is 101 Å². The highest BCUT2D eigenvalue weighted by Gasteiger charge is 2.41. The molecule has 0 bridgehead atoms. The molecule has 90 valence electrons. The largest absolute Gasteiger partial charge is 0.378 e. The van der Waals surface area contributed by atoms with E-state index in [-0.39, 0.29) is 11.5 Å². The molecule has 1 saturated heterocycles. The topological polar surface area (TPSA) is 48.1 Å². The van der Waals surface area contributed by atoms with Gasteiger partial charge in [0.15, 0.2) is 0 Å². The molecule has 0 aromatic carbocycles. The number of ether oxygens (including phenoxy) is 1. The lowest BCUT2D eigenvalue weighted by Crippen LogP contribution is -2.38. The number of nitrogens with two attached hydrogens (primary N) is 1. The minimum Gasteiger partial charge on any atom is -0.378 e. The Bertz CT molecular complexity index is 358. The Morgan fingerprint density at radius 2 is 2.31 bits per heavy atom. The monoisotopic (exact) mass is 240 g/mol. The fraction of sp³-hybridized carbons (Fsp3) is 0.750. The van der Waals surface area contributed by atoms with E-state index in [4.69, 9.17) is 10.5 Å². The average Bonchev–Trinajstić information content (AvgIpc) is 2.74. The minimum atomic E-state index is 0.108. The van der Waals surface area contributed by atoms with Crippen molar-refractivity contribution < 1.29 is 4.74 Å². The molecule has 2 unspecified atom stereocenters. The standard InChI is InChI=1S/C12H20N2OS/c1-8-9(2)16-11(14-8)6-12(7-13)4-5-15-10(12)3/h10H,4-7,13H2,1-3H3. The van der Waals surface area contributed by atoms with Crippen molar-refractivity contribution in [1.82, 2.24) is 4.98 Å². The van der Waals surface area contributed by atoms with Gasteiger partial charge in [0.2, 0.25) is 0 Å². The van der Waals surface area contributed by atoms with Crippen molar-refractivity contribution in [3.63, 3.8) is 0 Å². The van der Waals surface area contributed by atoms with E-state index in [0.29, 0.717) is 6.54 Å². The van der Waals surface area contributed by atoms with Gasteiger partial charge in [-0.2, -0.15) is 0 Å². The van der Waals surface area contributed by atoms with Crippen LogP contribution in [0.5, 0.6) is 0 Å². The molecule has 0 aliphatic carbocycles. The molecule has 1 aliphatic rings. The van der Waals surface area contributed by atoms with Gasteiger partial charge in [-0.05, 0) is 27.2 Å². The number of aryl methyl sites for hydroxylation is 2. The maximum atomic E-state index is 5.95. The number of rotatable bonds is 3. The van der Waals surface area contributed by atoms with Crippen LogP contribution in [0.1, 0.15) is 28.9 Å². The van der Waals surface area contributed by atoms with Gasteiger partial charge in [0.1, 0.15) is 0 Å². The molecule has 2 heterocycles. The van der Waals surface area contributed by atoms with E-state index in [2.05, 4.69) is 25.8 Å². The summed E-state index contributed by atoms with van der Waals surface area (Å²) in [4.78, 5) is 5.92. The van der Waals surface area contributed by atoms with Crippen molar-refractivity contribution in [2.24, 2.45) is 11.1 Å². The molecular weight excluding hydrogens is 220 g/mol. The van der Waals surface area contributed by atoms with Crippen LogP contribution in [-0.2, 0) is 11.2 Å². The highest BCUT2D eigenvalue weighted by Crippen LogP contribution is 2.38. The average molecular weight is 240 g/mol. The predicted molar refractivity (Wildman–Crippen MR) is 66.8 cm³/mol. The van der Waals surface area contributed by atoms with Crippen LogP contribution in [0.4, 0.5) is 0 Å². The number of hydrogen-bond donors (Lipinski definition) is 1. The molecule has 2 rings (SSSR count). The molecule has 2 N–H and O–H groups in total. The first-order valence-electron chi connectivity index (χ1n) is 5.82. The lowest BCUT2D eigenvalue weighted by Gasteiger charge is -2.29. The first-order chi connectivity index (χ1) is 7.57. The second-order valence-corrected chi connectivity index (χ2v) is 6.04. The van der Waals surface area contributed by atoms with E-state index in [1.807, 2.05) is 0 Å². The summed E-state index contributed by atoms with van der Waals surface area (Å²) < 4.78 is 5.67. The van der Waals surface area contributed by atoms with E-state index in [1.54, 1.807) is 11.3 Å². The summed E-state index contributed by atoms with van der Waals surface area (Å²) in [7, 11) is 0. The predicted octanol–water partition coefficient (Wildman–Crippen LogP) is 2.06. The normalized spacial score (nSPS) is 29.9. The maximum absolute atomic E-state index is 5.95. The van der Waals surface area contributed by atoms with Crippen LogP contribution in [0, 0.1) is 19.3 Å². The lowest BCUT2D eigenvalue weighted by atomic mass is 9.79. The zero-order valence-electron chi connectivity index (χ0n) is 10.2. The number of nitrogens with zero attached hydrogens (tertiary/aromatic N) is 1. The third-order valence-corrected chi connectivity index (χ3v) is 4.89. The highest BCUT2D eigenvalue weighted by atomic mass is 32.1. The summed E-state index contributed by atoms with van der Waals surface area (Å²) in [6.45, 7) is 7.85. The van der Waals surface area contributed by atoms with Crippen molar-refractivity contribution in [3.05, 3.63) is 15.6 Å². The molecule has 1 aromatic heterocycles. The fourth-order valence-corrected chi connectivity index (χ4v) is 3.40. The van der Waals surface area contributed by atoms with Crippen LogP contribution in [0.2, 0.25) is 0 Å². The Morgan fingerprint density at radius 3 is 2.75 bits per heavy atom. The van der Waals surface area contributed by atoms with Crippen molar-refractivity contribution in [2.75, 3.05) is 13.2 Å². The van der Waals surface area contributed by atoms with Gasteiger partial charge in [-0.1, -0.05) is 0 Å². The zero-order valence-corrected chi connectivity index (χ0v) is 11.1. The summed E-state index contributed by atoms with van der Waals surface area (Å²) in [5.41, 5.74) is 7.21. The number of aromatic nitrogens is 1. The van der Waals surface area contributed by atoms with Crippen LogP contribution < -0.4 is 5.73 Å². The first-order valence-corrected chi connectivity index (χ1v) is 6.63. The molecular formula is C12H20N2OS. The second-order valence-electron chi connectivity index (χ2n) is 4.76. The smallest absolute Gasteiger partial charge is 0.0937 e. The Morgan fingerprint density at radius 1 is 1.56 bits per heavy atom. The first kappa shape index (κ1) is 12.0. The van der Waals surface area contributed by atoms with Gasteiger partial charge in [0.25, 0.3) is 0 Å². The van der Waals surface area contributed by atoms with Crippen molar-refractivity contribution in [3.8, 4) is 0 Å². The van der Waals surface area contributed by atoms with Gasteiger partial charge in [-0.3, -0.25) is 0 Å². The highest BCUT2D eigenvalue weighted by molar-refractivity contribution is 7.11. The van der Waals surface area contributed by atoms with Crippen molar-refractivity contribution in [1.29, 1.82) is 0 Å². The zero-order chi connectivity index (χ0) is 11.8. The Hall–Kier alpha value is -0.450. The van der Waals surface area contributed by atoms with Crippen LogP contribution >= 0.6 is 11.3 Å². The fourth-order valence-electron chi connectivity index (χ4n) is 2.31. The van der Waals surface area contributed by atoms with Gasteiger partial charge in [0, 0.05) is 29.9 Å². The SMILES string of the molecule is Cc1nc(CC2(CN)CCOC2C)sc1C. The molecule has 4 heteroatoms. The Kier molecular flexibility index (Phi) is 3.33. The lowest BCUT2D eigenvalue weighted by molar-refractivity contribution is 0.0673. The third kappa shape index (κ3) is 2.01. The van der Waals surface area contributed by atoms with E-state index < -0.39 is 0 Å². The summed E-state index contributed by atoms with van der Waals surface area (Å²) >= 11 is 1.79. The van der Waals surface area contributed by atoms with Gasteiger partial charge < -0.3 is 10.5 Å². The molecule has 0 saturated carbocycles. The number of hydrogen-bond acceptors (Lipinski definition) is 4. The molecule has 0 radical (unpaired) electrons. The van der Waals surface area contributed by atoms with Gasteiger partial charge in [-0.25, -0.2) is 4.98 Å². The van der Waals surface area contributed by atoms with E-state index in [9.17, 15) is 0 Å². The van der Waals surface area contributed by atoms with Crippen LogP contribution in [-0.4, -0.2) is 24.2 Å². The molecule has 3 nitrogen and oxygen atoms in total. The molecule has 16 heavy (non-hydrogen) atoms. The molecule has 0 spiro atoms. The van der Waals surface area contributed by atoms with Crippen LogP contribution in [0.15, 0.2) is 0 Å². The van der Waals surface area contributed by atoms with E-state index in [0.717, 1.165) is 25.1 Å². The summed E-state index contributed by atoms with van der Waals surface area (Å²) in [6, 6.07) is 0. The quantitative estimate of drug-likeness (QED) is 0.879. The van der Waals surface area contributed by atoms with Crippen LogP contribution in [0.3, 0.4) is 0 Å². The minimum absolute atomic E-state index is 0.108. The Balaban J connectivity index is 2.18. The maximum Gasteiger partial charge on any atom is 0.0937 e. The number of thiazole rings is 1. The summed E-state index contributed by atoms with van der Waals surface area (Å²) in [6.07, 6.45) is 2.27. The second kappa shape index (κ2) is 4.43.